The number of thiocarbonyl (C=S) groups is 1. The highest BCUT2D eigenvalue weighted by molar-refractivity contribution is 14.1. The molecule has 2 heterocycles. The predicted molar refractivity (Wildman–Crippen MR) is 94.5 cm³/mol. The number of nitrogens with zero attached hydrogens (tertiary/aromatic N) is 4. The summed E-state index contributed by atoms with van der Waals surface area (Å²) in [6.07, 6.45) is 0. The maximum absolute atomic E-state index is 12.5. The zero-order chi connectivity index (χ0) is 16.0. The minimum Gasteiger partial charge on any atom is -0.324 e. The predicted octanol–water partition coefficient (Wildman–Crippen LogP) is 1.68. The van der Waals surface area contributed by atoms with Gasteiger partial charge in [-0.05, 0) is 52.5 Å². The molecule has 1 aromatic carbocycles. The van der Waals surface area contributed by atoms with Crippen LogP contribution in [0.2, 0.25) is 0 Å². The zero-order valence-electron chi connectivity index (χ0n) is 12.0. The Labute approximate surface area is 146 Å². The number of hydrogen-bond donors (Lipinski definition) is 0. The van der Waals surface area contributed by atoms with Gasteiger partial charge in [0.05, 0.1) is 0 Å². The number of benzene rings is 1. The molecular formula is C14H13IN4O2S. The van der Waals surface area contributed by atoms with Crippen LogP contribution in [0.15, 0.2) is 29.3 Å². The van der Waals surface area contributed by atoms with Crippen molar-refractivity contribution in [2.24, 2.45) is 4.99 Å². The van der Waals surface area contributed by atoms with Crippen molar-refractivity contribution in [3.05, 3.63) is 33.4 Å². The number of likely N-dealkylation sites (N-methyl/N-ethyl adjacent to an activating group) is 2. The Morgan fingerprint density at radius 3 is 2.68 bits per heavy atom. The second-order valence-electron chi connectivity index (χ2n) is 5.15. The van der Waals surface area contributed by atoms with Gasteiger partial charge in [-0.2, -0.15) is 0 Å². The standard InChI is InChI=1S/C14H13IN4O2S/c1-17-11-10(12(20)18(2)14(17)21)19(13(22)16-11)7-8-4-3-5-9(15)6-8/h3-6,10H,7H2,1-2H3. The molecule has 0 radical (unpaired) electrons. The Balaban J connectivity index is 1.93. The Kier molecular flexibility index (Phi) is 3.89. The summed E-state index contributed by atoms with van der Waals surface area (Å²) >= 11 is 7.54. The highest BCUT2D eigenvalue weighted by Gasteiger charge is 2.48. The SMILES string of the molecule is CN1C(=O)C2C(=NC(=S)N2Cc2cccc(I)c2)N(C)C1=O. The molecule has 6 nitrogen and oxygen atoms in total. The molecule has 0 N–H and O–H groups in total. The molecule has 114 valence electrons. The summed E-state index contributed by atoms with van der Waals surface area (Å²) in [6.45, 7) is 0.481. The van der Waals surface area contributed by atoms with Crippen LogP contribution in [0.4, 0.5) is 4.79 Å². The number of carbonyl (C=O) groups is 2. The molecule has 1 saturated heterocycles. The van der Waals surface area contributed by atoms with Crippen molar-refractivity contribution in [3.8, 4) is 0 Å². The van der Waals surface area contributed by atoms with Crippen LogP contribution in [-0.2, 0) is 11.3 Å². The molecule has 8 heteroatoms. The molecule has 1 atom stereocenters. The van der Waals surface area contributed by atoms with E-state index in [1.807, 2.05) is 24.3 Å². The summed E-state index contributed by atoms with van der Waals surface area (Å²) < 4.78 is 1.11. The average molecular weight is 428 g/mol. The Morgan fingerprint density at radius 2 is 2.00 bits per heavy atom. The second-order valence-corrected chi connectivity index (χ2v) is 6.76. The molecule has 0 aromatic heterocycles. The Hall–Kier alpha value is -1.55. The molecule has 0 aliphatic carbocycles. The first-order chi connectivity index (χ1) is 10.4. The summed E-state index contributed by atoms with van der Waals surface area (Å²) in [4.78, 5) is 33.0. The number of urea groups is 1. The lowest BCUT2D eigenvalue weighted by atomic mass is 10.1. The first kappa shape index (κ1) is 15.3. The Bertz CT molecular complexity index is 721. The maximum atomic E-state index is 12.5. The van der Waals surface area contributed by atoms with E-state index in [9.17, 15) is 9.59 Å². The maximum Gasteiger partial charge on any atom is 0.331 e. The molecule has 0 spiro atoms. The highest BCUT2D eigenvalue weighted by atomic mass is 127. The first-order valence-corrected chi connectivity index (χ1v) is 8.07. The molecule has 2 aliphatic rings. The van der Waals surface area contributed by atoms with Crippen molar-refractivity contribution in [1.82, 2.24) is 14.7 Å². The molecule has 22 heavy (non-hydrogen) atoms. The molecule has 3 rings (SSSR count). The quantitative estimate of drug-likeness (QED) is 0.532. The minimum atomic E-state index is -0.627. The third-order valence-corrected chi connectivity index (χ3v) is 4.73. The van der Waals surface area contributed by atoms with Crippen LogP contribution in [0.3, 0.4) is 0 Å². The largest absolute Gasteiger partial charge is 0.331 e. The third-order valence-electron chi connectivity index (χ3n) is 3.74. The van der Waals surface area contributed by atoms with Crippen molar-refractivity contribution in [1.29, 1.82) is 0 Å². The number of amides is 3. The van der Waals surface area contributed by atoms with Crippen LogP contribution >= 0.6 is 34.8 Å². The normalized spacial score (nSPS) is 21.4. The van der Waals surface area contributed by atoms with E-state index in [0.29, 0.717) is 17.5 Å². The monoisotopic (exact) mass is 428 g/mol. The van der Waals surface area contributed by atoms with Crippen molar-refractivity contribution in [2.75, 3.05) is 14.1 Å². The lowest BCUT2D eigenvalue weighted by Crippen LogP contribution is -2.62. The van der Waals surface area contributed by atoms with E-state index in [4.69, 9.17) is 12.2 Å². The molecule has 2 aliphatic heterocycles. The minimum absolute atomic E-state index is 0.299. The molecule has 0 bridgehead atoms. The summed E-state index contributed by atoms with van der Waals surface area (Å²) in [5.41, 5.74) is 1.04. The van der Waals surface area contributed by atoms with Gasteiger partial charge in [-0.3, -0.25) is 14.6 Å². The van der Waals surface area contributed by atoms with Crippen molar-refractivity contribution >= 4 is 57.7 Å². The topological polar surface area (TPSA) is 56.2 Å². The molecule has 1 unspecified atom stereocenters. The number of hydrogen-bond acceptors (Lipinski definition) is 3. The van der Waals surface area contributed by atoms with Crippen LogP contribution in [0.1, 0.15) is 5.56 Å². The Morgan fingerprint density at radius 1 is 1.27 bits per heavy atom. The molecule has 1 aromatic rings. The average Bonchev–Trinajstić information content (AvgIpc) is 2.80. The van der Waals surface area contributed by atoms with E-state index >= 15 is 0 Å². The van der Waals surface area contributed by atoms with Gasteiger partial charge in [0.2, 0.25) is 0 Å². The van der Waals surface area contributed by atoms with Gasteiger partial charge in [0, 0.05) is 24.2 Å². The lowest BCUT2D eigenvalue weighted by Gasteiger charge is -2.36. The van der Waals surface area contributed by atoms with E-state index in [-0.39, 0.29) is 11.9 Å². The third kappa shape index (κ3) is 2.39. The summed E-state index contributed by atoms with van der Waals surface area (Å²) in [5.74, 6) is 0.107. The van der Waals surface area contributed by atoms with Gasteiger partial charge in [0.1, 0.15) is 5.84 Å². The fourth-order valence-corrected chi connectivity index (χ4v) is 3.44. The van der Waals surface area contributed by atoms with Crippen LogP contribution in [0, 0.1) is 3.57 Å². The fourth-order valence-electron chi connectivity index (χ4n) is 2.57. The fraction of sp³-hybridized carbons (Fsp3) is 0.286. The van der Waals surface area contributed by atoms with Gasteiger partial charge in [0.25, 0.3) is 5.91 Å². The zero-order valence-corrected chi connectivity index (χ0v) is 15.0. The summed E-state index contributed by atoms with van der Waals surface area (Å²) in [5, 5.41) is 0.335. The van der Waals surface area contributed by atoms with Crippen molar-refractivity contribution < 1.29 is 9.59 Å². The number of carbonyl (C=O) groups excluding carboxylic acids is 2. The van der Waals surface area contributed by atoms with Gasteiger partial charge < -0.3 is 4.90 Å². The number of aliphatic imine (C=N–C) groups is 1. The summed E-state index contributed by atoms with van der Waals surface area (Å²) in [7, 11) is 3.08. The lowest BCUT2D eigenvalue weighted by molar-refractivity contribution is -0.130. The van der Waals surface area contributed by atoms with E-state index in [0.717, 1.165) is 14.0 Å². The van der Waals surface area contributed by atoms with E-state index in [1.165, 1.54) is 11.9 Å². The van der Waals surface area contributed by atoms with Gasteiger partial charge in [-0.15, -0.1) is 0 Å². The van der Waals surface area contributed by atoms with E-state index in [2.05, 4.69) is 27.6 Å². The number of imide groups is 1. The number of rotatable bonds is 2. The molecule has 0 saturated carbocycles. The number of fused-ring (bicyclic) bond motifs is 1. The summed E-state index contributed by atoms with van der Waals surface area (Å²) in [6, 6.07) is 6.96. The van der Waals surface area contributed by atoms with Crippen molar-refractivity contribution in [2.45, 2.75) is 12.6 Å². The van der Waals surface area contributed by atoms with Gasteiger partial charge >= 0.3 is 6.03 Å². The van der Waals surface area contributed by atoms with Crippen molar-refractivity contribution in [3.63, 3.8) is 0 Å². The van der Waals surface area contributed by atoms with Crippen LogP contribution < -0.4 is 0 Å². The van der Waals surface area contributed by atoms with Gasteiger partial charge in [0.15, 0.2) is 11.2 Å². The van der Waals surface area contributed by atoms with Crippen LogP contribution in [0.5, 0.6) is 0 Å². The molecule has 3 amide bonds. The van der Waals surface area contributed by atoms with E-state index in [1.54, 1.807) is 11.9 Å². The first-order valence-electron chi connectivity index (χ1n) is 6.59. The van der Waals surface area contributed by atoms with Gasteiger partial charge in [-0.25, -0.2) is 9.79 Å². The number of amidine groups is 1. The van der Waals surface area contributed by atoms with Crippen LogP contribution in [0.25, 0.3) is 0 Å². The highest BCUT2D eigenvalue weighted by Crippen LogP contribution is 2.25. The molecule has 1 fully saturated rings. The smallest absolute Gasteiger partial charge is 0.324 e. The second kappa shape index (κ2) is 5.58. The van der Waals surface area contributed by atoms with Crippen LogP contribution in [-0.4, -0.2) is 57.7 Å². The molecular weight excluding hydrogens is 415 g/mol. The van der Waals surface area contributed by atoms with E-state index < -0.39 is 6.04 Å². The number of halogens is 1. The van der Waals surface area contributed by atoms with Gasteiger partial charge in [-0.1, -0.05) is 12.1 Å².